The minimum Gasteiger partial charge on any atom is -0.366 e. The molecule has 0 aliphatic carbocycles. The first-order valence-electron chi connectivity index (χ1n) is 9.59. The zero-order chi connectivity index (χ0) is 19.5. The first-order valence-corrected chi connectivity index (χ1v) is 10.8. The smallest absolute Gasteiger partial charge is 0.127 e. The number of nitrogens with zero attached hydrogens (tertiary/aromatic N) is 4. The van der Waals surface area contributed by atoms with Crippen LogP contribution < -0.4 is 5.32 Å². The Kier molecular flexibility index (Phi) is 5.80. The maximum Gasteiger partial charge on any atom is 0.127 e. The van der Waals surface area contributed by atoms with Gasteiger partial charge in [0.1, 0.15) is 5.01 Å². The lowest BCUT2D eigenvalue weighted by Gasteiger charge is -2.31. The normalized spacial score (nSPS) is 16.4. The van der Waals surface area contributed by atoms with Crippen molar-refractivity contribution in [2.75, 3.05) is 19.6 Å². The molecule has 1 fully saturated rings. The molecule has 5 nitrogen and oxygen atoms in total. The Labute approximate surface area is 174 Å². The molecular weight excluding hydrogens is 390 g/mol. The summed E-state index contributed by atoms with van der Waals surface area (Å²) in [5, 5.41) is 11.7. The number of nitrogens with one attached hydrogen (secondary N) is 1. The second-order valence-electron chi connectivity index (χ2n) is 6.98. The fourth-order valence-electron chi connectivity index (χ4n) is 3.56. The van der Waals surface area contributed by atoms with E-state index in [0.29, 0.717) is 11.1 Å². The molecule has 2 aromatic heterocycles. The third-order valence-electron chi connectivity index (χ3n) is 4.99. The fourth-order valence-corrected chi connectivity index (χ4v) is 4.55. The topological polar surface area (TPSA) is 46.0 Å². The van der Waals surface area contributed by atoms with Gasteiger partial charge in [0.2, 0.25) is 0 Å². The first-order chi connectivity index (χ1) is 13.7. The van der Waals surface area contributed by atoms with Crippen LogP contribution in [-0.2, 0) is 0 Å². The lowest BCUT2D eigenvalue weighted by molar-refractivity contribution is 0.310. The van der Waals surface area contributed by atoms with Crippen LogP contribution in [-0.4, -0.2) is 45.3 Å². The highest BCUT2D eigenvalue weighted by atomic mass is 35.5. The van der Waals surface area contributed by atoms with Crippen molar-refractivity contribution in [2.24, 2.45) is 0 Å². The van der Waals surface area contributed by atoms with E-state index in [1.165, 1.54) is 0 Å². The summed E-state index contributed by atoms with van der Waals surface area (Å²) in [6.07, 6.45) is 6.08. The number of rotatable bonds is 7. The lowest BCUT2D eigenvalue weighted by atomic mass is 10.1. The van der Waals surface area contributed by atoms with Crippen molar-refractivity contribution in [1.29, 1.82) is 0 Å². The zero-order valence-corrected chi connectivity index (χ0v) is 17.5. The number of thiazole rings is 1. The van der Waals surface area contributed by atoms with Crippen LogP contribution >= 0.6 is 22.9 Å². The Hall–Kier alpha value is -2.15. The summed E-state index contributed by atoms with van der Waals surface area (Å²) in [5.41, 5.74) is 3.90. The van der Waals surface area contributed by atoms with Gasteiger partial charge < -0.3 is 10.2 Å². The van der Waals surface area contributed by atoms with Gasteiger partial charge in [0.05, 0.1) is 23.3 Å². The van der Waals surface area contributed by atoms with Crippen LogP contribution in [0.25, 0.3) is 22.0 Å². The van der Waals surface area contributed by atoms with Crippen molar-refractivity contribution < 1.29 is 0 Å². The monoisotopic (exact) mass is 413 g/mol. The van der Waals surface area contributed by atoms with Gasteiger partial charge >= 0.3 is 0 Å². The van der Waals surface area contributed by atoms with Crippen molar-refractivity contribution in [3.8, 4) is 16.3 Å². The predicted octanol–water partition coefficient (Wildman–Crippen LogP) is 4.69. The lowest BCUT2D eigenvalue weighted by Crippen LogP contribution is -2.35. The molecule has 0 radical (unpaired) electrons. The second kappa shape index (κ2) is 8.47. The van der Waals surface area contributed by atoms with Crippen LogP contribution in [0.4, 0.5) is 0 Å². The molecule has 0 bridgehead atoms. The van der Waals surface area contributed by atoms with E-state index in [9.17, 15) is 0 Å². The SMILES string of the molecule is C=C(c1csc(-c2cnn(-c3cccc(Cl)c3)c2)n1)N(CCC)C1CCNC1. The van der Waals surface area contributed by atoms with Crippen LogP contribution in [0, 0.1) is 0 Å². The van der Waals surface area contributed by atoms with Crippen LogP contribution in [0.2, 0.25) is 5.02 Å². The van der Waals surface area contributed by atoms with Gasteiger partial charge in [-0.15, -0.1) is 11.3 Å². The Morgan fingerprint density at radius 1 is 1.46 bits per heavy atom. The predicted molar refractivity (Wildman–Crippen MR) is 117 cm³/mol. The van der Waals surface area contributed by atoms with Crippen LogP contribution in [0.5, 0.6) is 0 Å². The maximum atomic E-state index is 6.10. The van der Waals surface area contributed by atoms with E-state index < -0.39 is 0 Å². The Balaban J connectivity index is 1.55. The number of halogens is 1. The molecule has 1 aliphatic heterocycles. The average Bonchev–Trinajstić information content (AvgIpc) is 3.46. The number of benzene rings is 1. The van der Waals surface area contributed by atoms with Gasteiger partial charge in [-0.1, -0.05) is 31.2 Å². The van der Waals surface area contributed by atoms with E-state index >= 15 is 0 Å². The first kappa shape index (κ1) is 19.2. The molecule has 28 heavy (non-hydrogen) atoms. The standard InChI is InChI=1S/C21H24ClN5S/c1-3-9-26(19-7-8-23-12-19)15(2)20-14-28-21(25-20)16-11-24-27(13-16)18-6-4-5-17(22)10-18/h4-6,10-11,13-14,19,23H,2-3,7-9,12H2,1H3. The highest BCUT2D eigenvalue weighted by Gasteiger charge is 2.24. The molecule has 146 valence electrons. The molecule has 4 rings (SSSR count). The molecule has 0 spiro atoms. The Morgan fingerprint density at radius 2 is 2.36 bits per heavy atom. The van der Waals surface area contributed by atoms with Gasteiger partial charge in [-0.3, -0.25) is 0 Å². The van der Waals surface area contributed by atoms with Gasteiger partial charge in [-0.05, 0) is 37.6 Å². The molecule has 0 amide bonds. The summed E-state index contributed by atoms with van der Waals surface area (Å²) < 4.78 is 1.82. The number of hydrogen-bond donors (Lipinski definition) is 1. The molecule has 1 aromatic carbocycles. The molecule has 1 N–H and O–H groups in total. The summed E-state index contributed by atoms with van der Waals surface area (Å²) in [5.74, 6) is 0. The molecule has 3 aromatic rings. The summed E-state index contributed by atoms with van der Waals surface area (Å²) in [4.78, 5) is 7.27. The summed E-state index contributed by atoms with van der Waals surface area (Å²) in [6.45, 7) is 9.67. The highest BCUT2D eigenvalue weighted by molar-refractivity contribution is 7.13. The molecule has 1 aliphatic rings. The number of aromatic nitrogens is 3. The Bertz CT molecular complexity index is 957. The molecule has 1 unspecified atom stereocenters. The molecule has 1 saturated heterocycles. The van der Waals surface area contributed by atoms with Gasteiger partial charge in [0.25, 0.3) is 0 Å². The third kappa shape index (κ3) is 3.99. The van der Waals surface area contributed by atoms with Crippen LogP contribution in [0.1, 0.15) is 25.5 Å². The van der Waals surface area contributed by atoms with Gasteiger partial charge in [-0.2, -0.15) is 5.10 Å². The summed E-state index contributed by atoms with van der Waals surface area (Å²) >= 11 is 7.72. The van der Waals surface area contributed by atoms with E-state index in [4.69, 9.17) is 16.6 Å². The molecule has 0 saturated carbocycles. The van der Waals surface area contributed by atoms with Crippen molar-refractivity contribution in [2.45, 2.75) is 25.8 Å². The van der Waals surface area contributed by atoms with E-state index in [2.05, 4.69) is 34.2 Å². The fraction of sp³-hybridized carbons (Fsp3) is 0.333. The average molecular weight is 414 g/mol. The van der Waals surface area contributed by atoms with Crippen LogP contribution in [0.3, 0.4) is 0 Å². The summed E-state index contributed by atoms with van der Waals surface area (Å²) in [7, 11) is 0. The van der Waals surface area contributed by atoms with Crippen molar-refractivity contribution in [3.63, 3.8) is 0 Å². The minimum absolute atomic E-state index is 0.503. The molecule has 1 atom stereocenters. The zero-order valence-electron chi connectivity index (χ0n) is 15.9. The third-order valence-corrected chi connectivity index (χ3v) is 6.11. The van der Waals surface area contributed by atoms with Crippen molar-refractivity contribution >= 4 is 28.6 Å². The molecule has 3 heterocycles. The quantitative estimate of drug-likeness (QED) is 0.610. The summed E-state index contributed by atoms with van der Waals surface area (Å²) in [6, 6.07) is 8.16. The van der Waals surface area contributed by atoms with E-state index in [0.717, 1.165) is 60.1 Å². The van der Waals surface area contributed by atoms with E-state index in [1.54, 1.807) is 11.3 Å². The van der Waals surface area contributed by atoms with Crippen molar-refractivity contribution in [3.05, 3.63) is 59.3 Å². The van der Waals surface area contributed by atoms with Crippen LogP contribution in [0.15, 0.2) is 48.6 Å². The highest BCUT2D eigenvalue weighted by Crippen LogP contribution is 2.29. The van der Waals surface area contributed by atoms with Gasteiger partial charge in [-0.25, -0.2) is 9.67 Å². The largest absolute Gasteiger partial charge is 0.366 e. The second-order valence-corrected chi connectivity index (χ2v) is 8.27. The number of hydrogen-bond acceptors (Lipinski definition) is 5. The van der Waals surface area contributed by atoms with Crippen molar-refractivity contribution in [1.82, 2.24) is 25.0 Å². The maximum absolute atomic E-state index is 6.10. The minimum atomic E-state index is 0.503. The van der Waals surface area contributed by atoms with E-state index in [1.807, 2.05) is 41.3 Å². The Morgan fingerprint density at radius 3 is 3.11 bits per heavy atom. The van der Waals surface area contributed by atoms with Gasteiger partial charge in [0.15, 0.2) is 0 Å². The van der Waals surface area contributed by atoms with E-state index in [-0.39, 0.29) is 0 Å². The molecule has 7 heteroatoms. The molecular formula is C21H24ClN5S. The van der Waals surface area contributed by atoms with Gasteiger partial charge in [0, 0.05) is 41.3 Å².